The van der Waals surface area contributed by atoms with Crippen LogP contribution in [0.5, 0.6) is 0 Å². The topological polar surface area (TPSA) is 66.9 Å². The molecule has 0 aromatic rings. The van der Waals surface area contributed by atoms with E-state index in [-0.39, 0.29) is 24.9 Å². The van der Waals surface area contributed by atoms with Crippen LogP contribution in [0.3, 0.4) is 0 Å². The van der Waals surface area contributed by atoms with Gasteiger partial charge in [-0.3, -0.25) is 9.59 Å². The summed E-state index contributed by atoms with van der Waals surface area (Å²) < 4.78 is 0. The van der Waals surface area contributed by atoms with E-state index in [0.29, 0.717) is 5.06 Å². The Balaban J connectivity index is 1.71. The number of imide groups is 1. The van der Waals surface area contributed by atoms with Gasteiger partial charge in [0, 0.05) is 24.9 Å². The van der Waals surface area contributed by atoms with E-state index in [4.69, 9.17) is 4.84 Å². The fourth-order valence-electron chi connectivity index (χ4n) is 4.10. The van der Waals surface area contributed by atoms with Gasteiger partial charge >= 0.3 is 6.09 Å². The second kappa shape index (κ2) is 7.32. The summed E-state index contributed by atoms with van der Waals surface area (Å²) in [6.07, 6.45) is 10.7. The van der Waals surface area contributed by atoms with E-state index in [9.17, 15) is 14.4 Å². The van der Waals surface area contributed by atoms with Crippen molar-refractivity contribution in [3.8, 4) is 0 Å². The Bertz CT molecular complexity index is 433. The normalized spacial score (nSPS) is 24.1. The summed E-state index contributed by atoms with van der Waals surface area (Å²) >= 11 is 0. The van der Waals surface area contributed by atoms with Crippen LogP contribution in [0.4, 0.5) is 4.79 Å². The van der Waals surface area contributed by atoms with Crippen molar-refractivity contribution in [3.63, 3.8) is 0 Å². The lowest BCUT2D eigenvalue weighted by molar-refractivity contribution is -0.175. The second-order valence-corrected chi connectivity index (χ2v) is 6.93. The molecule has 3 rings (SSSR count). The molecule has 23 heavy (non-hydrogen) atoms. The molecule has 1 aliphatic heterocycles. The van der Waals surface area contributed by atoms with Crippen molar-refractivity contribution >= 4 is 17.9 Å². The van der Waals surface area contributed by atoms with Gasteiger partial charge in [-0.2, -0.15) is 0 Å². The van der Waals surface area contributed by atoms with Crippen LogP contribution in [-0.4, -0.2) is 40.0 Å². The second-order valence-electron chi connectivity index (χ2n) is 6.93. The molecule has 128 valence electrons. The Labute approximate surface area is 137 Å². The molecule has 1 saturated heterocycles. The van der Waals surface area contributed by atoms with E-state index in [2.05, 4.69) is 0 Å². The number of hydrogen-bond donors (Lipinski definition) is 0. The zero-order valence-corrected chi connectivity index (χ0v) is 13.7. The number of hydrogen-bond acceptors (Lipinski definition) is 4. The summed E-state index contributed by atoms with van der Waals surface area (Å²) in [6.45, 7) is 0. The van der Waals surface area contributed by atoms with Gasteiger partial charge in [-0.1, -0.05) is 38.5 Å². The zero-order valence-electron chi connectivity index (χ0n) is 13.7. The van der Waals surface area contributed by atoms with E-state index in [0.717, 1.165) is 51.4 Å². The van der Waals surface area contributed by atoms with Crippen LogP contribution in [0.1, 0.15) is 77.0 Å². The highest BCUT2D eigenvalue weighted by atomic mass is 16.7. The van der Waals surface area contributed by atoms with Crippen LogP contribution in [0, 0.1) is 0 Å². The number of carbonyl (C=O) groups excluding carboxylic acids is 3. The predicted octanol–water partition coefficient (Wildman–Crippen LogP) is 3.15. The highest BCUT2D eigenvalue weighted by Gasteiger charge is 2.38. The minimum Gasteiger partial charge on any atom is -0.311 e. The summed E-state index contributed by atoms with van der Waals surface area (Å²) in [4.78, 5) is 43.2. The van der Waals surface area contributed by atoms with Gasteiger partial charge < -0.3 is 9.74 Å². The summed E-state index contributed by atoms with van der Waals surface area (Å²) in [7, 11) is 0. The highest BCUT2D eigenvalue weighted by molar-refractivity contribution is 6.01. The van der Waals surface area contributed by atoms with Gasteiger partial charge in [0.05, 0.1) is 0 Å². The van der Waals surface area contributed by atoms with Crippen LogP contribution in [-0.2, 0) is 14.4 Å². The van der Waals surface area contributed by atoms with Gasteiger partial charge in [-0.15, -0.1) is 5.06 Å². The Kier molecular flexibility index (Phi) is 5.18. The number of hydroxylamine groups is 2. The maximum atomic E-state index is 12.7. The van der Waals surface area contributed by atoms with Gasteiger partial charge in [-0.05, 0) is 25.7 Å². The molecule has 0 unspecified atom stereocenters. The summed E-state index contributed by atoms with van der Waals surface area (Å²) in [5.74, 6) is -0.814. The van der Waals surface area contributed by atoms with Crippen LogP contribution in [0.15, 0.2) is 0 Å². The largest absolute Gasteiger partial charge is 0.435 e. The molecular weight excluding hydrogens is 296 g/mol. The van der Waals surface area contributed by atoms with Crippen LogP contribution in [0.25, 0.3) is 0 Å². The average Bonchev–Trinajstić information content (AvgIpc) is 2.89. The van der Waals surface area contributed by atoms with Crippen molar-refractivity contribution in [1.82, 2.24) is 9.96 Å². The highest BCUT2D eigenvalue weighted by Crippen LogP contribution is 2.31. The van der Waals surface area contributed by atoms with E-state index in [1.54, 1.807) is 0 Å². The van der Waals surface area contributed by atoms with Gasteiger partial charge in [-0.25, -0.2) is 4.79 Å². The Hall–Kier alpha value is -1.59. The quantitative estimate of drug-likeness (QED) is 0.749. The Morgan fingerprint density at radius 2 is 1.26 bits per heavy atom. The molecule has 0 spiro atoms. The number of amides is 3. The van der Waals surface area contributed by atoms with Gasteiger partial charge in [0.15, 0.2) is 0 Å². The van der Waals surface area contributed by atoms with Gasteiger partial charge in [0.25, 0.3) is 11.8 Å². The van der Waals surface area contributed by atoms with Crippen LogP contribution >= 0.6 is 0 Å². The first-order valence-corrected chi connectivity index (χ1v) is 9.03. The molecule has 0 aromatic heterocycles. The van der Waals surface area contributed by atoms with Gasteiger partial charge in [0.2, 0.25) is 0 Å². The zero-order chi connectivity index (χ0) is 16.2. The predicted molar refractivity (Wildman–Crippen MR) is 83.2 cm³/mol. The maximum Gasteiger partial charge on any atom is 0.435 e. The third-order valence-corrected chi connectivity index (χ3v) is 5.32. The first-order valence-electron chi connectivity index (χ1n) is 9.03. The Morgan fingerprint density at radius 1 is 0.826 bits per heavy atom. The molecule has 0 radical (unpaired) electrons. The molecule has 1 heterocycles. The maximum absolute atomic E-state index is 12.7. The van der Waals surface area contributed by atoms with Crippen molar-refractivity contribution in [2.75, 3.05) is 0 Å². The van der Waals surface area contributed by atoms with Crippen molar-refractivity contribution in [1.29, 1.82) is 0 Å². The number of carbonyl (C=O) groups is 3. The van der Waals surface area contributed by atoms with Crippen molar-refractivity contribution in [2.24, 2.45) is 0 Å². The number of nitrogens with zero attached hydrogens (tertiary/aromatic N) is 2. The first kappa shape index (κ1) is 16.3. The van der Waals surface area contributed by atoms with Crippen molar-refractivity contribution < 1.29 is 19.2 Å². The summed E-state index contributed by atoms with van der Waals surface area (Å²) in [5, 5.41) is 0.682. The number of rotatable bonds is 3. The standard InChI is InChI=1S/C17H26N2O4/c20-15-11-12-16(21)19(15)23-17(22)18(13-7-3-1-4-8-13)14-9-5-2-6-10-14/h13-14H,1-12H2. The lowest BCUT2D eigenvalue weighted by Gasteiger charge is -2.40. The van der Waals surface area contributed by atoms with E-state index >= 15 is 0 Å². The lowest BCUT2D eigenvalue weighted by atomic mass is 9.89. The molecule has 2 saturated carbocycles. The van der Waals surface area contributed by atoms with E-state index < -0.39 is 17.9 Å². The molecule has 0 N–H and O–H groups in total. The third kappa shape index (κ3) is 3.67. The molecule has 0 atom stereocenters. The fraction of sp³-hybridized carbons (Fsp3) is 0.824. The molecule has 3 fully saturated rings. The van der Waals surface area contributed by atoms with Crippen molar-refractivity contribution in [3.05, 3.63) is 0 Å². The summed E-state index contributed by atoms with van der Waals surface area (Å²) in [6, 6.07) is 0.374. The molecule has 6 heteroatoms. The van der Waals surface area contributed by atoms with Crippen LogP contribution < -0.4 is 0 Å². The Morgan fingerprint density at radius 3 is 1.70 bits per heavy atom. The molecule has 2 aliphatic carbocycles. The minimum absolute atomic E-state index is 0.138. The summed E-state index contributed by atoms with van der Waals surface area (Å²) in [5.41, 5.74) is 0. The van der Waals surface area contributed by atoms with E-state index in [1.807, 2.05) is 4.90 Å². The van der Waals surface area contributed by atoms with Gasteiger partial charge in [0.1, 0.15) is 0 Å². The van der Waals surface area contributed by atoms with Crippen molar-refractivity contribution in [2.45, 2.75) is 89.1 Å². The average molecular weight is 322 g/mol. The smallest absolute Gasteiger partial charge is 0.311 e. The molecule has 6 nitrogen and oxygen atoms in total. The van der Waals surface area contributed by atoms with E-state index in [1.165, 1.54) is 12.8 Å². The first-order chi connectivity index (χ1) is 11.2. The monoisotopic (exact) mass is 322 g/mol. The molecule has 3 aliphatic rings. The molecular formula is C17H26N2O4. The minimum atomic E-state index is -0.507. The lowest BCUT2D eigenvalue weighted by Crippen LogP contribution is -2.51. The fourth-order valence-corrected chi connectivity index (χ4v) is 4.10. The molecule has 0 aromatic carbocycles. The SMILES string of the molecule is O=C1CCC(=O)N1OC(=O)N(C1CCCCC1)C1CCCCC1. The van der Waals surface area contributed by atoms with Crippen LogP contribution in [0.2, 0.25) is 0 Å². The molecule has 3 amide bonds. The molecule has 0 bridgehead atoms. The third-order valence-electron chi connectivity index (χ3n) is 5.32.